The molecule has 5 rings (SSSR count). The van der Waals surface area contributed by atoms with Crippen LogP contribution in [-0.4, -0.2) is 43.2 Å². The van der Waals surface area contributed by atoms with Crippen molar-refractivity contribution < 1.29 is 14.4 Å². The zero-order valence-corrected chi connectivity index (χ0v) is 19.5. The minimum Gasteiger partial charge on any atom is -0.385 e. The van der Waals surface area contributed by atoms with Gasteiger partial charge in [0.05, 0.1) is 6.54 Å². The summed E-state index contributed by atoms with van der Waals surface area (Å²) in [7, 11) is 0. The number of hydrogen-bond donors (Lipinski definition) is 1. The summed E-state index contributed by atoms with van der Waals surface area (Å²) in [6.45, 7) is 3.12. The second-order valence-corrected chi connectivity index (χ2v) is 9.31. The van der Waals surface area contributed by atoms with E-state index in [4.69, 9.17) is 4.52 Å². The summed E-state index contributed by atoms with van der Waals surface area (Å²) >= 11 is 0. The number of carbonyl (C=O) groups excluding carboxylic acids is 1. The smallest absolute Gasteiger partial charge is 0.222 e. The van der Waals surface area contributed by atoms with Gasteiger partial charge in [-0.15, -0.1) is 0 Å². The molecular weight excluding hydrogens is 428 g/mol. The lowest BCUT2D eigenvalue weighted by Crippen LogP contribution is -2.38. The third-order valence-corrected chi connectivity index (χ3v) is 6.85. The molecule has 7 heteroatoms. The first-order valence-corrected chi connectivity index (χ1v) is 12.1. The molecular formula is C27H30N4O3. The molecule has 0 unspecified atom stereocenters. The van der Waals surface area contributed by atoms with E-state index in [1.54, 1.807) is 13.1 Å². The molecule has 0 bridgehead atoms. The standard InChI is InChI=1S/C27H30N4O3/c1-19(32)27-28-14-16-30(27)18-23-17-25(34-29-23)22-10-6-20(7-11-22)4-5-21-8-12-24(13-9-21)31-15-2-3-26(31)33/h6-7,10-11,14,16-17,19,21,24,32H,2-3,8-9,12-13,15,18H2,1H3/t19-,21?,24?/m0/s1. The maximum absolute atomic E-state index is 12.0. The second kappa shape index (κ2) is 9.86. The number of nitrogens with zero attached hydrogens (tertiary/aromatic N) is 4. The average molecular weight is 459 g/mol. The Morgan fingerprint density at radius 2 is 2.00 bits per heavy atom. The maximum Gasteiger partial charge on any atom is 0.222 e. The van der Waals surface area contributed by atoms with E-state index in [0.29, 0.717) is 36.0 Å². The van der Waals surface area contributed by atoms with Crippen LogP contribution in [0.2, 0.25) is 0 Å². The fourth-order valence-corrected chi connectivity index (χ4v) is 5.01. The van der Waals surface area contributed by atoms with E-state index in [-0.39, 0.29) is 0 Å². The number of aromatic nitrogens is 3. The predicted molar refractivity (Wildman–Crippen MR) is 127 cm³/mol. The van der Waals surface area contributed by atoms with Crippen molar-refractivity contribution in [3.8, 4) is 23.2 Å². The fraction of sp³-hybridized carbons (Fsp3) is 0.444. The van der Waals surface area contributed by atoms with Crippen LogP contribution in [0.15, 0.2) is 47.2 Å². The molecule has 1 aliphatic heterocycles. The summed E-state index contributed by atoms with van der Waals surface area (Å²) in [4.78, 5) is 18.3. The molecule has 1 amide bonds. The number of hydrogen-bond acceptors (Lipinski definition) is 5. The Balaban J connectivity index is 1.17. The predicted octanol–water partition coefficient (Wildman–Crippen LogP) is 4.17. The van der Waals surface area contributed by atoms with Crippen LogP contribution in [0, 0.1) is 17.8 Å². The van der Waals surface area contributed by atoms with E-state index >= 15 is 0 Å². The van der Waals surface area contributed by atoms with Gasteiger partial charge in [0.2, 0.25) is 5.91 Å². The summed E-state index contributed by atoms with van der Waals surface area (Å²) in [6, 6.07) is 10.4. The van der Waals surface area contributed by atoms with Gasteiger partial charge in [0.15, 0.2) is 5.76 Å². The van der Waals surface area contributed by atoms with Crippen molar-refractivity contribution in [2.24, 2.45) is 5.92 Å². The third kappa shape index (κ3) is 4.92. The zero-order chi connectivity index (χ0) is 23.5. The second-order valence-electron chi connectivity index (χ2n) is 9.31. The lowest BCUT2D eigenvalue weighted by Gasteiger charge is -2.33. The molecule has 34 heavy (non-hydrogen) atoms. The van der Waals surface area contributed by atoms with Crippen LogP contribution >= 0.6 is 0 Å². The molecule has 1 saturated carbocycles. The van der Waals surface area contributed by atoms with Crippen molar-refractivity contribution in [3.05, 3.63) is 59.8 Å². The fourth-order valence-electron chi connectivity index (χ4n) is 5.01. The topological polar surface area (TPSA) is 84.4 Å². The van der Waals surface area contributed by atoms with Gasteiger partial charge in [0.25, 0.3) is 0 Å². The molecule has 1 atom stereocenters. The highest BCUT2D eigenvalue weighted by Crippen LogP contribution is 2.30. The van der Waals surface area contributed by atoms with E-state index < -0.39 is 6.10 Å². The van der Waals surface area contributed by atoms with Gasteiger partial charge >= 0.3 is 0 Å². The van der Waals surface area contributed by atoms with Gasteiger partial charge in [-0.2, -0.15) is 0 Å². The van der Waals surface area contributed by atoms with Gasteiger partial charge < -0.3 is 19.1 Å². The van der Waals surface area contributed by atoms with Crippen molar-refractivity contribution in [1.29, 1.82) is 0 Å². The van der Waals surface area contributed by atoms with Gasteiger partial charge in [0, 0.05) is 54.5 Å². The van der Waals surface area contributed by atoms with Crippen molar-refractivity contribution in [2.75, 3.05) is 6.54 Å². The summed E-state index contributed by atoms with van der Waals surface area (Å²) in [5.74, 6) is 8.81. The first kappa shape index (κ1) is 22.4. The van der Waals surface area contributed by atoms with Crippen LogP contribution in [0.25, 0.3) is 11.3 Å². The molecule has 1 aliphatic carbocycles. The number of benzene rings is 1. The molecule has 2 aliphatic rings. The van der Waals surface area contributed by atoms with Crippen molar-refractivity contribution in [3.63, 3.8) is 0 Å². The summed E-state index contributed by atoms with van der Waals surface area (Å²) in [5.41, 5.74) is 2.70. The number of likely N-dealkylation sites (tertiary alicyclic amines) is 1. The van der Waals surface area contributed by atoms with Gasteiger partial charge in [-0.3, -0.25) is 4.79 Å². The molecule has 1 aromatic carbocycles. The number of aliphatic hydroxyl groups is 1. The van der Waals surface area contributed by atoms with Crippen LogP contribution in [0.1, 0.15) is 68.6 Å². The third-order valence-electron chi connectivity index (χ3n) is 6.85. The van der Waals surface area contributed by atoms with Crippen LogP contribution in [-0.2, 0) is 11.3 Å². The van der Waals surface area contributed by atoms with E-state index in [0.717, 1.165) is 61.9 Å². The summed E-state index contributed by atoms with van der Waals surface area (Å²) < 4.78 is 7.41. The van der Waals surface area contributed by atoms with Crippen molar-refractivity contribution in [2.45, 2.75) is 64.1 Å². The maximum atomic E-state index is 12.0. The highest BCUT2D eigenvalue weighted by atomic mass is 16.5. The number of aliphatic hydroxyl groups excluding tert-OH is 1. The first-order valence-electron chi connectivity index (χ1n) is 12.1. The monoisotopic (exact) mass is 458 g/mol. The van der Waals surface area contributed by atoms with Crippen LogP contribution in [0.4, 0.5) is 0 Å². The van der Waals surface area contributed by atoms with Gasteiger partial charge in [-0.1, -0.05) is 17.0 Å². The molecule has 1 saturated heterocycles. The largest absolute Gasteiger partial charge is 0.385 e. The average Bonchev–Trinajstić information content (AvgIpc) is 3.60. The van der Waals surface area contributed by atoms with E-state index in [9.17, 15) is 9.90 Å². The Morgan fingerprint density at radius 3 is 2.71 bits per heavy atom. The van der Waals surface area contributed by atoms with E-state index in [2.05, 4.69) is 26.9 Å². The molecule has 2 fully saturated rings. The van der Waals surface area contributed by atoms with Crippen molar-refractivity contribution in [1.82, 2.24) is 19.6 Å². The number of carbonyl (C=O) groups is 1. The summed E-state index contributed by atoms with van der Waals surface area (Å²) in [6.07, 6.45) is 8.84. The quantitative estimate of drug-likeness (QED) is 0.580. The van der Waals surface area contributed by atoms with Gasteiger partial charge in [-0.25, -0.2) is 4.98 Å². The number of rotatable bonds is 5. The molecule has 0 radical (unpaired) electrons. The minimum atomic E-state index is -0.639. The molecule has 0 spiro atoms. The molecule has 1 N–H and O–H groups in total. The SMILES string of the molecule is C[C@H](O)c1nccn1Cc1cc(-c2ccc(C#CC3CCC(N4CCCC4=O)CC3)cc2)on1. The highest BCUT2D eigenvalue weighted by Gasteiger charge is 2.30. The molecule has 7 nitrogen and oxygen atoms in total. The normalized spacial score (nSPS) is 21.4. The van der Waals surface area contributed by atoms with Crippen molar-refractivity contribution >= 4 is 5.91 Å². The van der Waals surface area contributed by atoms with E-state index in [1.165, 1.54) is 0 Å². The highest BCUT2D eigenvalue weighted by molar-refractivity contribution is 5.78. The van der Waals surface area contributed by atoms with Crippen LogP contribution in [0.5, 0.6) is 0 Å². The number of amides is 1. The Kier molecular flexibility index (Phi) is 6.50. The first-order chi connectivity index (χ1) is 16.6. The van der Waals surface area contributed by atoms with Gasteiger partial charge in [0.1, 0.15) is 17.6 Å². The van der Waals surface area contributed by atoms with Gasteiger partial charge in [-0.05, 0) is 63.3 Å². The molecule has 176 valence electrons. The number of imidazole rings is 1. The summed E-state index contributed by atoms with van der Waals surface area (Å²) in [5, 5.41) is 14.0. The Hall–Kier alpha value is -3.37. The lowest BCUT2D eigenvalue weighted by molar-refractivity contribution is -0.130. The van der Waals surface area contributed by atoms with Crippen LogP contribution in [0.3, 0.4) is 0 Å². The molecule has 3 heterocycles. The minimum absolute atomic E-state index is 0.333. The molecule has 2 aromatic heterocycles. The Morgan fingerprint density at radius 1 is 1.21 bits per heavy atom. The van der Waals surface area contributed by atoms with E-state index in [1.807, 2.05) is 41.1 Å². The zero-order valence-electron chi connectivity index (χ0n) is 19.5. The molecule has 3 aromatic rings. The lowest BCUT2D eigenvalue weighted by atomic mass is 9.85. The Bertz CT molecular complexity index is 1190. The Labute approximate surface area is 199 Å². The van der Waals surface area contributed by atoms with Crippen LogP contribution < -0.4 is 0 Å².